The number of anilines is 1. The number of carbonyl (C=O) groups excluding carboxylic acids is 1. The van der Waals surface area contributed by atoms with Crippen molar-refractivity contribution in [3.8, 4) is 11.5 Å². The number of esters is 1. The van der Waals surface area contributed by atoms with Crippen molar-refractivity contribution >= 4 is 23.3 Å². The molecule has 0 radical (unpaired) electrons. The standard InChI is InChI=1S/C11H10ClN3O3/c1-2-17-11(16)9-14-10(18-15-9)6-3-7(12)5-8(13)4-6/h3-5H,2,13H2,1H3. The number of nitrogens with zero attached hydrogens (tertiary/aromatic N) is 2. The van der Waals surface area contributed by atoms with Gasteiger partial charge < -0.3 is 15.0 Å². The maximum atomic E-state index is 11.4. The van der Waals surface area contributed by atoms with Gasteiger partial charge in [0.2, 0.25) is 0 Å². The fourth-order valence-corrected chi connectivity index (χ4v) is 1.60. The summed E-state index contributed by atoms with van der Waals surface area (Å²) in [6, 6.07) is 4.82. The molecule has 0 bridgehead atoms. The monoisotopic (exact) mass is 267 g/mol. The first kappa shape index (κ1) is 12.4. The van der Waals surface area contributed by atoms with Crippen molar-refractivity contribution in [3.63, 3.8) is 0 Å². The van der Waals surface area contributed by atoms with Crippen LogP contribution >= 0.6 is 11.6 Å². The van der Waals surface area contributed by atoms with Crippen molar-refractivity contribution in [2.24, 2.45) is 0 Å². The quantitative estimate of drug-likeness (QED) is 0.677. The van der Waals surface area contributed by atoms with E-state index in [1.165, 1.54) is 0 Å². The molecular weight excluding hydrogens is 258 g/mol. The van der Waals surface area contributed by atoms with Gasteiger partial charge in [0.25, 0.3) is 11.7 Å². The topological polar surface area (TPSA) is 91.2 Å². The Bertz CT molecular complexity index is 562. The maximum Gasteiger partial charge on any atom is 0.379 e. The molecule has 0 unspecified atom stereocenters. The SMILES string of the molecule is CCOC(=O)c1noc(-c2cc(N)cc(Cl)c2)n1. The van der Waals surface area contributed by atoms with Crippen LogP contribution in [0.5, 0.6) is 0 Å². The third kappa shape index (κ3) is 2.60. The number of nitrogen functional groups attached to an aromatic ring is 1. The first-order valence-corrected chi connectivity index (χ1v) is 5.55. The molecule has 0 spiro atoms. The maximum absolute atomic E-state index is 11.4. The summed E-state index contributed by atoms with van der Waals surface area (Å²) in [7, 11) is 0. The van der Waals surface area contributed by atoms with Crippen LogP contribution in [0.15, 0.2) is 22.7 Å². The molecule has 1 aromatic carbocycles. The highest BCUT2D eigenvalue weighted by atomic mass is 35.5. The minimum atomic E-state index is -0.637. The Balaban J connectivity index is 2.32. The second kappa shape index (κ2) is 5.05. The van der Waals surface area contributed by atoms with E-state index in [1.54, 1.807) is 25.1 Å². The number of ether oxygens (including phenoxy) is 1. The Labute approximate surface area is 108 Å². The van der Waals surface area contributed by atoms with E-state index < -0.39 is 5.97 Å². The van der Waals surface area contributed by atoms with E-state index in [2.05, 4.69) is 10.1 Å². The van der Waals surface area contributed by atoms with Crippen molar-refractivity contribution in [2.45, 2.75) is 6.92 Å². The zero-order chi connectivity index (χ0) is 13.1. The molecule has 7 heteroatoms. The predicted molar refractivity (Wildman–Crippen MR) is 65.1 cm³/mol. The third-order valence-corrected chi connectivity index (χ3v) is 2.27. The van der Waals surface area contributed by atoms with E-state index >= 15 is 0 Å². The van der Waals surface area contributed by atoms with Gasteiger partial charge in [-0.15, -0.1) is 0 Å². The number of hydrogen-bond acceptors (Lipinski definition) is 6. The van der Waals surface area contributed by atoms with Crippen LogP contribution in [0.1, 0.15) is 17.5 Å². The van der Waals surface area contributed by atoms with E-state index in [0.717, 1.165) is 0 Å². The summed E-state index contributed by atoms with van der Waals surface area (Å²) < 4.78 is 9.70. The van der Waals surface area contributed by atoms with Crippen LogP contribution in [0.3, 0.4) is 0 Å². The highest BCUT2D eigenvalue weighted by Crippen LogP contribution is 2.24. The van der Waals surface area contributed by atoms with Crippen LogP contribution in [0.25, 0.3) is 11.5 Å². The fourth-order valence-electron chi connectivity index (χ4n) is 1.36. The summed E-state index contributed by atoms with van der Waals surface area (Å²) in [5, 5.41) is 3.97. The second-order valence-electron chi connectivity index (χ2n) is 3.42. The zero-order valence-electron chi connectivity index (χ0n) is 9.51. The normalized spacial score (nSPS) is 10.3. The molecule has 0 amide bonds. The summed E-state index contributed by atoms with van der Waals surface area (Å²) in [6.45, 7) is 1.93. The van der Waals surface area contributed by atoms with Gasteiger partial charge in [-0.25, -0.2) is 4.79 Å². The Morgan fingerprint density at radius 1 is 1.50 bits per heavy atom. The van der Waals surface area contributed by atoms with Crippen LogP contribution in [0.4, 0.5) is 5.69 Å². The van der Waals surface area contributed by atoms with E-state index in [4.69, 9.17) is 26.6 Å². The molecule has 0 aliphatic rings. The molecule has 0 saturated heterocycles. The van der Waals surface area contributed by atoms with Crippen molar-refractivity contribution < 1.29 is 14.1 Å². The van der Waals surface area contributed by atoms with Crippen LogP contribution in [-0.4, -0.2) is 22.7 Å². The average Bonchev–Trinajstić information content (AvgIpc) is 2.77. The first-order valence-electron chi connectivity index (χ1n) is 5.17. The molecule has 1 heterocycles. The van der Waals surface area contributed by atoms with Crippen LogP contribution < -0.4 is 5.73 Å². The second-order valence-corrected chi connectivity index (χ2v) is 3.85. The summed E-state index contributed by atoms with van der Waals surface area (Å²) in [6.07, 6.45) is 0. The van der Waals surface area contributed by atoms with Crippen molar-refractivity contribution in [3.05, 3.63) is 29.0 Å². The van der Waals surface area contributed by atoms with E-state index in [0.29, 0.717) is 16.3 Å². The van der Waals surface area contributed by atoms with Crippen LogP contribution in [0.2, 0.25) is 5.02 Å². The van der Waals surface area contributed by atoms with Gasteiger partial charge in [0.1, 0.15) is 0 Å². The largest absolute Gasteiger partial charge is 0.460 e. The summed E-state index contributed by atoms with van der Waals surface area (Å²) in [4.78, 5) is 15.3. The van der Waals surface area contributed by atoms with Gasteiger partial charge in [-0.1, -0.05) is 11.6 Å². The molecule has 2 N–H and O–H groups in total. The predicted octanol–water partition coefficient (Wildman–Crippen LogP) is 2.15. The van der Waals surface area contributed by atoms with E-state index in [9.17, 15) is 4.79 Å². The molecule has 0 fully saturated rings. The molecule has 2 rings (SSSR count). The van der Waals surface area contributed by atoms with Gasteiger partial charge in [0.15, 0.2) is 0 Å². The van der Waals surface area contributed by atoms with Crippen molar-refractivity contribution in [1.82, 2.24) is 10.1 Å². The molecule has 2 aromatic rings. The van der Waals surface area contributed by atoms with Gasteiger partial charge in [0.05, 0.1) is 6.61 Å². The third-order valence-electron chi connectivity index (χ3n) is 2.05. The molecule has 94 valence electrons. The van der Waals surface area contributed by atoms with Gasteiger partial charge in [0, 0.05) is 16.3 Å². The Morgan fingerprint density at radius 3 is 2.94 bits per heavy atom. The van der Waals surface area contributed by atoms with Crippen molar-refractivity contribution in [1.29, 1.82) is 0 Å². The Hall–Kier alpha value is -2.08. The highest BCUT2D eigenvalue weighted by Gasteiger charge is 2.17. The summed E-state index contributed by atoms with van der Waals surface area (Å²) in [5.74, 6) is -0.611. The number of rotatable bonds is 3. The number of hydrogen-bond donors (Lipinski definition) is 1. The molecule has 6 nitrogen and oxygen atoms in total. The van der Waals surface area contributed by atoms with Crippen molar-refractivity contribution in [2.75, 3.05) is 12.3 Å². The summed E-state index contributed by atoms with van der Waals surface area (Å²) in [5.41, 5.74) is 6.66. The molecular formula is C11H10ClN3O3. The lowest BCUT2D eigenvalue weighted by atomic mass is 10.2. The minimum Gasteiger partial charge on any atom is -0.460 e. The van der Waals surface area contributed by atoms with Gasteiger partial charge in [-0.2, -0.15) is 4.98 Å². The molecule has 0 aliphatic heterocycles. The number of nitrogens with two attached hydrogens (primary N) is 1. The lowest BCUT2D eigenvalue weighted by Crippen LogP contribution is -2.06. The summed E-state index contributed by atoms with van der Waals surface area (Å²) >= 11 is 5.86. The number of halogens is 1. The zero-order valence-corrected chi connectivity index (χ0v) is 10.3. The minimum absolute atomic E-state index is 0.134. The van der Waals surface area contributed by atoms with E-state index in [1.807, 2.05) is 0 Å². The first-order chi connectivity index (χ1) is 8.60. The van der Waals surface area contributed by atoms with Gasteiger partial charge in [-0.3, -0.25) is 0 Å². The van der Waals surface area contributed by atoms with E-state index in [-0.39, 0.29) is 18.3 Å². The molecule has 0 saturated carbocycles. The number of carbonyl (C=O) groups is 1. The smallest absolute Gasteiger partial charge is 0.379 e. The number of aromatic nitrogens is 2. The highest BCUT2D eigenvalue weighted by molar-refractivity contribution is 6.31. The number of benzene rings is 1. The van der Waals surface area contributed by atoms with Gasteiger partial charge in [-0.05, 0) is 30.3 Å². The lowest BCUT2D eigenvalue weighted by Gasteiger charge is -1.98. The Kier molecular flexibility index (Phi) is 3.47. The molecule has 0 atom stereocenters. The van der Waals surface area contributed by atoms with Gasteiger partial charge >= 0.3 is 5.97 Å². The molecule has 1 aromatic heterocycles. The lowest BCUT2D eigenvalue weighted by molar-refractivity contribution is 0.0508. The molecule has 0 aliphatic carbocycles. The Morgan fingerprint density at radius 2 is 2.28 bits per heavy atom. The van der Waals surface area contributed by atoms with Crippen LogP contribution in [0, 0.1) is 0 Å². The molecule has 18 heavy (non-hydrogen) atoms. The average molecular weight is 268 g/mol. The van der Waals surface area contributed by atoms with Crippen LogP contribution in [-0.2, 0) is 4.74 Å². The fraction of sp³-hybridized carbons (Fsp3) is 0.182.